The van der Waals surface area contributed by atoms with Gasteiger partial charge < -0.3 is 9.47 Å². The van der Waals surface area contributed by atoms with Crippen molar-refractivity contribution in [3.63, 3.8) is 0 Å². The van der Waals surface area contributed by atoms with Gasteiger partial charge in [0.1, 0.15) is 5.75 Å². The fourth-order valence-electron chi connectivity index (χ4n) is 1.08. The summed E-state index contributed by atoms with van der Waals surface area (Å²) in [6, 6.07) is 5.51. The molecule has 0 bridgehead atoms. The minimum atomic E-state index is -0.265. The SMILES string of the molecule is COC(=O)Cc1cccc(OC)c1Br. The maximum Gasteiger partial charge on any atom is 0.310 e. The summed E-state index contributed by atoms with van der Waals surface area (Å²) >= 11 is 3.37. The Morgan fingerprint density at radius 3 is 2.71 bits per heavy atom. The van der Waals surface area contributed by atoms with E-state index >= 15 is 0 Å². The molecule has 0 aliphatic carbocycles. The van der Waals surface area contributed by atoms with Crippen LogP contribution in [0.4, 0.5) is 0 Å². The minimum Gasteiger partial charge on any atom is -0.496 e. The molecule has 0 saturated heterocycles. The van der Waals surface area contributed by atoms with Gasteiger partial charge in [0.15, 0.2) is 0 Å². The van der Waals surface area contributed by atoms with Crippen molar-refractivity contribution in [1.29, 1.82) is 0 Å². The van der Waals surface area contributed by atoms with Gasteiger partial charge in [-0.3, -0.25) is 4.79 Å². The van der Waals surface area contributed by atoms with Gasteiger partial charge in [0.05, 0.1) is 25.1 Å². The summed E-state index contributed by atoms with van der Waals surface area (Å²) in [7, 11) is 2.96. The van der Waals surface area contributed by atoms with E-state index in [1.807, 2.05) is 18.2 Å². The van der Waals surface area contributed by atoms with Crippen LogP contribution in [0.15, 0.2) is 22.7 Å². The summed E-state index contributed by atoms with van der Waals surface area (Å²) in [4.78, 5) is 11.0. The zero-order valence-electron chi connectivity index (χ0n) is 8.04. The molecule has 0 radical (unpaired) electrons. The lowest BCUT2D eigenvalue weighted by Gasteiger charge is -2.07. The maximum atomic E-state index is 11.0. The van der Waals surface area contributed by atoms with E-state index in [2.05, 4.69) is 20.7 Å². The van der Waals surface area contributed by atoms with Gasteiger partial charge in [-0.1, -0.05) is 12.1 Å². The molecule has 0 aliphatic heterocycles. The zero-order chi connectivity index (χ0) is 10.6. The largest absolute Gasteiger partial charge is 0.496 e. The van der Waals surface area contributed by atoms with Crippen LogP contribution >= 0.6 is 15.9 Å². The van der Waals surface area contributed by atoms with Crippen molar-refractivity contribution in [3.05, 3.63) is 28.2 Å². The van der Waals surface area contributed by atoms with E-state index in [1.165, 1.54) is 7.11 Å². The van der Waals surface area contributed by atoms with Crippen molar-refractivity contribution < 1.29 is 14.3 Å². The molecule has 1 rings (SSSR count). The van der Waals surface area contributed by atoms with E-state index in [4.69, 9.17) is 4.74 Å². The number of halogens is 1. The van der Waals surface area contributed by atoms with Gasteiger partial charge in [-0.05, 0) is 27.6 Å². The van der Waals surface area contributed by atoms with Gasteiger partial charge in [0.25, 0.3) is 0 Å². The average Bonchev–Trinajstić information content (AvgIpc) is 2.21. The van der Waals surface area contributed by atoms with Crippen LogP contribution in [0.25, 0.3) is 0 Å². The molecule has 14 heavy (non-hydrogen) atoms. The van der Waals surface area contributed by atoms with Gasteiger partial charge in [-0.25, -0.2) is 0 Å². The minimum absolute atomic E-state index is 0.244. The standard InChI is InChI=1S/C10H11BrO3/c1-13-8-5-3-4-7(10(8)11)6-9(12)14-2/h3-5H,6H2,1-2H3. The highest BCUT2D eigenvalue weighted by molar-refractivity contribution is 9.10. The highest BCUT2D eigenvalue weighted by atomic mass is 79.9. The Morgan fingerprint density at radius 1 is 1.43 bits per heavy atom. The molecule has 0 unspecified atom stereocenters. The molecule has 1 aromatic carbocycles. The molecule has 0 aliphatic rings. The van der Waals surface area contributed by atoms with E-state index in [0.717, 1.165) is 10.0 Å². The van der Waals surface area contributed by atoms with Crippen LogP contribution in [0.5, 0.6) is 5.75 Å². The topological polar surface area (TPSA) is 35.5 Å². The van der Waals surface area contributed by atoms with E-state index < -0.39 is 0 Å². The molecule has 4 heteroatoms. The summed E-state index contributed by atoms with van der Waals surface area (Å²) in [6.45, 7) is 0. The summed E-state index contributed by atoms with van der Waals surface area (Å²) in [5.74, 6) is 0.449. The Kier molecular flexibility index (Phi) is 3.95. The van der Waals surface area contributed by atoms with Crippen LogP contribution in [0, 0.1) is 0 Å². The summed E-state index contributed by atoms with van der Waals surface area (Å²) in [5, 5.41) is 0. The Labute approximate surface area is 91.1 Å². The molecule has 0 saturated carbocycles. The second-order valence-corrected chi connectivity index (χ2v) is 3.48. The molecule has 0 spiro atoms. The average molecular weight is 259 g/mol. The molecule has 0 aromatic heterocycles. The maximum absolute atomic E-state index is 11.0. The molecule has 0 fully saturated rings. The number of carbonyl (C=O) groups is 1. The second kappa shape index (κ2) is 5.00. The van der Waals surface area contributed by atoms with Crippen molar-refractivity contribution in [2.24, 2.45) is 0 Å². The number of benzene rings is 1. The van der Waals surface area contributed by atoms with Crippen LogP contribution in [0.1, 0.15) is 5.56 Å². The van der Waals surface area contributed by atoms with E-state index in [9.17, 15) is 4.79 Å². The lowest BCUT2D eigenvalue weighted by molar-refractivity contribution is -0.139. The monoisotopic (exact) mass is 258 g/mol. The number of rotatable bonds is 3. The number of hydrogen-bond donors (Lipinski definition) is 0. The number of carbonyl (C=O) groups excluding carboxylic acids is 1. The quantitative estimate of drug-likeness (QED) is 0.780. The van der Waals surface area contributed by atoms with E-state index in [-0.39, 0.29) is 12.4 Å². The first-order valence-electron chi connectivity index (χ1n) is 4.07. The first kappa shape index (κ1) is 11.0. The molecule has 0 heterocycles. The summed E-state index contributed by atoms with van der Waals surface area (Å²) in [6.07, 6.45) is 0.244. The molecule has 1 aromatic rings. The van der Waals surface area contributed by atoms with Crippen LogP contribution in [-0.4, -0.2) is 20.2 Å². The summed E-state index contributed by atoms with van der Waals surface area (Å²) in [5.41, 5.74) is 0.858. The third-order valence-corrected chi connectivity index (χ3v) is 2.73. The Balaban J connectivity index is 2.92. The first-order chi connectivity index (χ1) is 6.69. The van der Waals surface area contributed by atoms with Crippen molar-refractivity contribution in [1.82, 2.24) is 0 Å². The van der Waals surface area contributed by atoms with Crippen molar-refractivity contribution in [2.45, 2.75) is 6.42 Å². The van der Waals surface area contributed by atoms with Gasteiger partial charge >= 0.3 is 5.97 Å². The number of methoxy groups -OCH3 is 2. The Bertz CT molecular complexity index is 336. The molecule has 0 N–H and O–H groups in total. The molecule has 0 amide bonds. The summed E-state index contributed by atoms with van der Waals surface area (Å²) < 4.78 is 10.5. The number of esters is 1. The molecule has 0 atom stereocenters. The van der Waals surface area contributed by atoms with E-state index in [0.29, 0.717) is 5.75 Å². The normalized spacial score (nSPS) is 9.64. The van der Waals surface area contributed by atoms with Crippen LogP contribution < -0.4 is 4.74 Å². The highest BCUT2D eigenvalue weighted by Gasteiger charge is 2.09. The van der Waals surface area contributed by atoms with Crippen molar-refractivity contribution in [3.8, 4) is 5.75 Å². The number of ether oxygens (including phenoxy) is 2. The molecule has 76 valence electrons. The fourth-order valence-corrected chi connectivity index (χ4v) is 1.64. The Hall–Kier alpha value is -1.03. The van der Waals surface area contributed by atoms with Gasteiger partial charge in [0.2, 0.25) is 0 Å². The van der Waals surface area contributed by atoms with E-state index in [1.54, 1.807) is 7.11 Å². The molecule has 3 nitrogen and oxygen atoms in total. The van der Waals surface area contributed by atoms with Gasteiger partial charge in [0, 0.05) is 0 Å². The van der Waals surface area contributed by atoms with Gasteiger partial charge in [-0.15, -0.1) is 0 Å². The van der Waals surface area contributed by atoms with Crippen LogP contribution in [0.3, 0.4) is 0 Å². The van der Waals surface area contributed by atoms with Crippen molar-refractivity contribution in [2.75, 3.05) is 14.2 Å². The fraction of sp³-hybridized carbons (Fsp3) is 0.300. The molecular formula is C10H11BrO3. The number of hydrogen-bond acceptors (Lipinski definition) is 3. The third-order valence-electron chi connectivity index (χ3n) is 1.83. The highest BCUT2D eigenvalue weighted by Crippen LogP contribution is 2.28. The zero-order valence-corrected chi connectivity index (χ0v) is 9.63. The lowest BCUT2D eigenvalue weighted by Crippen LogP contribution is -2.05. The van der Waals surface area contributed by atoms with Crippen molar-refractivity contribution >= 4 is 21.9 Å². The predicted octanol–water partition coefficient (Wildman–Crippen LogP) is 2.17. The first-order valence-corrected chi connectivity index (χ1v) is 4.86. The predicted molar refractivity (Wildman–Crippen MR) is 56.4 cm³/mol. The van der Waals surface area contributed by atoms with Gasteiger partial charge in [-0.2, -0.15) is 0 Å². The van der Waals surface area contributed by atoms with Crippen LogP contribution in [0.2, 0.25) is 0 Å². The third kappa shape index (κ3) is 2.48. The smallest absolute Gasteiger partial charge is 0.310 e. The lowest BCUT2D eigenvalue weighted by atomic mass is 10.1. The van der Waals surface area contributed by atoms with Crippen LogP contribution in [-0.2, 0) is 16.0 Å². The molecular weight excluding hydrogens is 248 g/mol. The Morgan fingerprint density at radius 2 is 2.14 bits per heavy atom. The second-order valence-electron chi connectivity index (χ2n) is 2.69.